The van der Waals surface area contributed by atoms with Gasteiger partial charge in [-0.05, 0) is 25.0 Å². The Bertz CT molecular complexity index is 540. The summed E-state index contributed by atoms with van der Waals surface area (Å²) < 4.78 is 4.71. The van der Waals surface area contributed by atoms with E-state index in [2.05, 4.69) is 0 Å². The molecule has 0 aliphatic carbocycles. The van der Waals surface area contributed by atoms with E-state index in [1.54, 1.807) is 0 Å². The minimum atomic E-state index is -0.553. The fraction of sp³-hybridized carbons (Fsp3) is 0.385. The lowest BCUT2D eigenvalue weighted by molar-refractivity contribution is -0.145. The number of benzene rings is 1. The predicted octanol–water partition coefficient (Wildman–Crippen LogP) is 2.35. The molecule has 0 spiro atoms. The fourth-order valence-electron chi connectivity index (χ4n) is 2.29. The molecule has 1 heterocycles. The number of hydrogen-bond donors (Lipinski definition) is 1. The third-order valence-electron chi connectivity index (χ3n) is 3.29. The number of rotatable bonds is 2. The van der Waals surface area contributed by atoms with Crippen LogP contribution in [-0.4, -0.2) is 36.5 Å². The van der Waals surface area contributed by atoms with Crippen LogP contribution in [-0.2, 0) is 9.53 Å². The Kier molecular flexibility index (Phi) is 4.40. The monoisotopic (exact) mass is 316 g/mol. The lowest BCUT2D eigenvalue weighted by atomic mass is 10.1. The van der Waals surface area contributed by atoms with Gasteiger partial charge in [0.25, 0.3) is 5.91 Å². The van der Waals surface area contributed by atoms with E-state index < -0.39 is 12.0 Å². The van der Waals surface area contributed by atoms with Crippen molar-refractivity contribution in [2.24, 2.45) is 0 Å². The summed E-state index contributed by atoms with van der Waals surface area (Å²) in [6, 6.07) is 2.36. The molecule has 1 fully saturated rings. The van der Waals surface area contributed by atoms with E-state index in [-0.39, 0.29) is 21.6 Å². The molecule has 1 aromatic rings. The van der Waals surface area contributed by atoms with E-state index in [4.69, 9.17) is 33.7 Å². The van der Waals surface area contributed by atoms with Crippen molar-refractivity contribution in [2.75, 3.05) is 19.4 Å². The summed E-state index contributed by atoms with van der Waals surface area (Å²) in [4.78, 5) is 25.6. The average Bonchev–Trinajstić information content (AvgIpc) is 2.91. The molecule has 0 radical (unpaired) electrons. The number of amides is 1. The number of hydrogen-bond acceptors (Lipinski definition) is 4. The first-order valence-corrected chi connectivity index (χ1v) is 6.84. The average molecular weight is 317 g/mol. The first-order chi connectivity index (χ1) is 9.45. The molecule has 0 aromatic heterocycles. The number of likely N-dealkylation sites (tertiary alicyclic amines) is 1. The first-order valence-electron chi connectivity index (χ1n) is 6.09. The van der Waals surface area contributed by atoms with Gasteiger partial charge in [-0.3, -0.25) is 4.79 Å². The SMILES string of the molecule is COC(=O)C1CCCN1C(=O)c1cc(N)c(Cl)c(Cl)c1. The van der Waals surface area contributed by atoms with Crippen LogP contribution in [0.2, 0.25) is 10.0 Å². The lowest BCUT2D eigenvalue weighted by Gasteiger charge is -2.23. The Morgan fingerprint density at radius 3 is 2.70 bits per heavy atom. The van der Waals surface area contributed by atoms with Crippen molar-refractivity contribution in [1.82, 2.24) is 4.90 Å². The highest BCUT2D eigenvalue weighted by molar-refractivity contribution is 6.43. The van der Waals surface area contributed by atoms with Gasteiger partial charge in [-0.15, -0.1) is 0 Å². The highest BCUT2D eigenvalue weighted by Crippen LogP contribution is 2.31. The van der Waals surface area contributed by atoms with Crippen molar-refractivity contribution in [3.63, 3.8) is 0 Å². The van der Waals surface area contributed by atoms with Crippen LogP contribution < -0.4 is 5.73 Å². The van der Waals surface area contributed by atoms with Crippen molar-refractivity contribution >= 4 is 40.8 Å². The van der Waals surface area contributed by atoms with Crippen molar-refractivity contribution in [1.29, 1.82) is 0 Å². The molecule has 1 unspecified atom stereocenters. The Morgan fingerprint density at radius 1 is 1.40 bits per heavy atom. The van der Waals surface area contributed by atoms with Crippen LogP contribution in [0, 0.1) is 0 Å². The summed E-state index contributed by atoms with van der Waals surface area (Å²) in [6.45, 7) is 0.499. The Balaban J connectivity index is 2.29. The summed E-state index contributed by atoms with van der Waals surface area (Å²) in [5.41, 5.74) is 6.25. The molecule has 2 rings (SSSR count). The molecule has 1 aromatic carbocycles. The molecular weight excluding hydrogens is 303 g/mol. The van der Waals surface area contributed by atoms with Gasteiger partial charge in [-0.1, -0.05) is 23.2 Å². The Labute approximate surface area is 126 Å². The molecule has 1 aliphatic heterocycles. The van der Waals surface area contributed by atoms with Crippen LogP contribution in [0.3, 0.4) is 0 Å². The number of nitrogens with zero attached hydrogens (tertiary/aromatic N) is 1. The van der Waals surface area contributed by atoms with E-state index in [1.165, 1.54) is 24.1 Å². The van der Waals surface area contributed by atoms with Crippen molar-refractivity contribution in [3.05, 3.63) is 27.7 Å². The van der Waals surface area contributed by atoms with Gasteiger partial charge in [-0.25, -0.2) is 4.79 Å². The first kappa shape index (κ1) is 14.9. The van der Waals surface area contributed by atoms with Crippen LogP contribution >= 0.6 is 23.2 Å². The normalized spacial score (nSPS) is 18.1. The maximum atomic E-state index is 12.5. The summed E-state index contributed by atoms with van der Waals surface area (Å²) in [5.74, 6) is -0.716. The standard InChI is InChI=1S/C13H14Cl2N2O3/c1-20-13(19)10-3-2-4-17(10)12(18)7-5-8(14)11(15)9(16)6-7/h5-6,10H,2-4,16H2,1H3. The van der Waals surface area contributed by atoms with Crippen LogP contribution in [0.1, 0.15) is 23.2 Å². The zero-order chi connectivity index (χ0) is 14.9. The summed E-state index contributed by atoms with van der Waals surface area (Å²) in [7, 11) is 1.31. The van der Waals surface area contributed by atoms with Gasteiger partial charge in [0.2, 0.25) is 0 Å². The van der Waals surface area contributed by atoms with Crippen molar-refractivity contribution < 1.29 is 14.3 Å². The van der Waals surface area contributed by atoms with E-state index in [0.29, 0.717) is 18.5 Å². The number of methoxy groups -OCH3 is 1. The second-order valence-corrected chi connectivity index (χ2v) is 5.33. The van der Waals surface area contributed by atoms with Gasteiger partial charge in [0.05, 0.1) is 22.8 Å². The van der Waals surface area contributed by atoms with Crippen LogP contribution in [0.4, 0.5) is 5.69 Å². The second-order valence-electron chi connectivity index (χ2n) is 4.54. The van der Waals surface area contributed by atoms with Gasteiger partial charge in [0.1, 0.15) is 6.04 Å². The quantitative estimate of drug-likeness (QED) is 0.671. The van der Waals surface area contributed by atoms with Crippen LogP contribution in [0.25, 0.3) is 0 Å². The minimum Gasteiger partial charge on any atom is -0.467 e. The Morgan fingerprint density at radius 2 is 2.10 bits per heavy atom. The molecule has 1 atom stereocenters. The smallest absolute Gasteiger partial charge is 0.328 e. The topological polar surface area (TPSA) is 72.6 Å². The highest BCUT2D eigenvalue weighted by atomic mass is 35.5. The molecule has 1 amide bonds. The maximum Gasteiger partial charge on any atom is 0.328 e. The lowest BCUT2D eigenvalue weighted by Crippen LogP contribution is -2.41. The number of nitrogens with two attached hydrogens (primary N) is 1. The fourth-order valence-corrected chi connectivity index (χ4v) is 2.63. The van der Waals surface area contributed by atoms with Crippen LogP contribution in [0.5, 0.6) is 0 Å². The number of halogens is 2. The molecule has 108 valence electrons. The highest BCUT2D eigenvalue weighted by Gasteiger charge is 2.35. The Hall–Kier alpha value is -1.46. The van der Waals surface area contributed by atoms with Crippen LogP contribution in [0.15, 0.2) is 12.1 Å². The number of carbonyl (C=O) groups is 2. The van der Waals surface area contributed by atoms with Crippen molar-refractivity contribution in [2.45, 2.75) is 18.9 Å². The number of ether oxygens (including phenoxy) is 1. The van der Waals surface area contributed by atoms with Gasteiger partial charge >= 0.3 is 5.97 Å². The molecule has 7 heteroatoms. The summed E-state index contributed by atoms with van der Waals surface area (Å²) in [6.07, 6.45) is 1.34. The van der Waals surface area contributed by atoms with Crippen molar-refractivity contribution in [3.8, 4) is 0 Å². The molecule has 0 bridgehead atoms. The summed E-state index contributed by atoms with van der Waals surface area (Å²) in [5, 5.41) is 0.429. The third-order valence-corrected chi connectivity index (χ3v) is 4.11. The van der Waals surface area contributed by atoms with Gasteiger partial charge < -0.3 is 15.4 Å². The predicted molar refractivity (Wildman–Crippen MR) is 76.9 cm³/mol. The molecule has 1 saturated heterocycles. The zero-order valence-corrected chi connectivity index (χ0v) is 12.4. The minimum absolute atomic E-state index is 0.212. The largest absolute Gasteiger partial charge is 0.467 e. The molecule has 20 heavy (non-hydrogen) atoms. The molecule has 1 aliphatic rings. The van der Waals surface area contributed by atoms with E-state index in [0.717, 1.165) is 6.42 Å². The molecular formula is C13H14Cl2N2O3. The summed E-state index contributed by atoms with van der Waals surface area (Å²) >= 11 is 11.8. The maximum absolute atomic E-state index is 12.5. The van der Waals surface area contributed by atoms with Gasteiger partial charge in [0, 0.05) is 12.1 Å². The zero-order valence-electron chi connectivity index (χ0n) is 10.9. The van der Waals surface area contributed by atoms with E-state index >= 15 is 0 Å². The molecule has 5 nitrogen and oxygen atoms in total. The molecule has 0 saturated carbocycles. The van der Waals surface area contributed by atoms with E-state index in [1.807, 2.05) is 0 Å². The third kappa shape index (κ3) is 2.69. The van der Waals surface area contributed by atoms with Gasteiger partial charge in [0.15, 0.2) is 0 Å². The number of esters is 1. The number of anilines is 1. The second kappa shape index (κ2) is 5.89. The van der Waals surface area contributed by atoms with E-state index in [9.17, 15) is 9.59 Å². The number of carbonyl (C=O) groups excluding carboxylic acids is 2. The number of nitrogen functional groups attached to an aromatic ring is 1. The van der Waals surface area contributed by atoms with Gasteiger partial charge in [-0.2, -0.15) is 0 Å². The molecule has 2 N–H and O–H groups in total.